The highest BCUT2D eigenvalue weighted by Crippen LogP contribution is 2.28. The lowest BCUT2D eigenvalue weighted by molar-refractivity contribution is 0.437. The number of para-hydroxylation sites is 2. The highest BCUT2D eigenvalue weighted by atomic mass is 35.5. The number of imidazole rings is 1. The molecule has 0 amide bonds. The minimum absolute atomic E-state index is 0.0946. The van der Waals surface area contributed by atoms with Crippen molar-refractivity contribution in [3.63, 3.8) is 0 Å². The molecule has 0 unspecified atom stereocenters. The van der Waals surface area contributed by atoms with Crippen LogP contribution in [0.5, 0.6) is 0 Å². The largest absolute Gasteiger partial charge is 0.330 e. The van der Waals surface area contributed by atoms with Gasteiger partial charge in [0.25, 0.3) is 0 Å². The van der Waals surface area contributed by atoms with Crippen molar-refractivity contribution in [2.75, 3.05) is 13.1 Å². The van der Waals surface area contributed by atoms with Crippen LogP contribution in [0.25, 0.3) is 16.7 Å². The second-order valence-corrected chi connectivity index (χ2v) is 8.48. The second kappa shape index (κ2) is 6.63. The third-order valence-corrected chi connectivity index (χ3v) is 6.88. The van der Waals surface area contributed by atoms with Crippen LogP contribution < -0.4 is 5.69 Å². The molecule has 0 atom stereocenters. The molecular weight excluding hydrogens is 393 g/mol. The summed E-state index contributed by atoms with van der Waals surface area (Å²) < 4.78 is 41.6. The third-order valence-electron chi connectivity index (χ3n) is 4.54. The van der Waals surface area contributed by atoms with Gasteiger partial charge in [0, 0.05) is 25.2 Å². The SMILES string of the molecule is O=c1[nH]c2ccccc2n1C1=CCN(S(=O)(=O)c2ccc(F)cc2Cl)CC1. The number of nitrogens with zero attached hydrogens (tertiary/aromatic N) is 2. The first kappa shape index (κ1) is 18.0. The zero-order chi connectivity index (χ0) is 19.2. The van der Waals surface area contributed by atoms with Crippen LogP contribution in [0.3, 0.4) is 0 Å². The molecule has 1 aliphatic heterocycles. The van der Waals surface area contributed by atoms with Crippen LogP contribution in [0.2, 0.25) is 5.02 Å². The van der Waals surface area contributed by atoms with E-state index in [9.17, 15) is 17.6 Å². The maximum atomic E-state index is 13.2. The number of H-pyrrole nitrogens is 1. The number of aromatic nitrogens is 2. The summed E-state index contributed by atoms with van der Waals surface area (Å²) in [5.41, 5.74) is 1.93. The van der Waals surface area contributed by atoms with Crippen molar-refractivity contribution in [2.24, 2.45) is 0 Å². The summed E-state index contributed by atoms with van der Waals surface area (Å²) in [4.78, 5) is 14.9. The maximum Gasteiger partial charge on any atom is 0.330 e. The predicted molar refractivity (Wildman–Crippen MR) is 102 cm³/mol. The number of hydrogen-bond acceptors (Lipinski definition) is 3. The van der Waals surface area contributed by atoms with Gasteiger partial charge in [-0.2, -0.15) is 4.31 Å². The van der Waals surface area contributed by atoms with E-state index in [1.54, 1.807) is 10.6 Å². The minimum Gasteiger partial charge on any atom is -0.305 e. The summed E-state index contributed by atoms with van der Waals surface area (Å²) in [7, 11) is -3.86. The van der Waals surface area contributed by atoms with E-state index in [1.807, 2.05) is 24.3 Å². The van der Waals surface area contributed by atoms with Gasteiger partial charge in [0.15, 0.2) is 0 Å². The van der Waals surface area contributed by atoms with Crippen molar-refractivity contribution >= 4 is 38.4 Å². The molecule has 0 aliphatic carbocycles. The number of halogens is 2. The minimum atomic E-state index is -3.86. The molecule has 3 aromatic rings. The number of aromatic amines is 1. The molecule has 140 valence electrons. The predicted octanol–water partition coefficient (Wildman–Crippen LogP) is 3.06. The van der Waals surface area contributed by atoms with E-state index < -0.39 is 15.8 Å². The van der Waals surface area contributed by atoms with Gasteiger partial charge in [-0.15, -0.1) is 0 Å². The molecule has 1 aliphatic rings. The van der Waals surface area contributed by atoms with Gasteiger partial charge in [0.1, 0.15) is 10.7 Å². The Balaban J connectivity index is 1.67. The molecule has 2 heterocycles. The van der Waals surface area contributed by atoms with Crippen LogP contribution in [0, 0.1) is 5.82 Å². The van der Waals surface area contributed by atoms with E-state index in [0.717, 1.165) is 34.9 Å². The van der Waals surface area contributed by atoms with E-state index in [4.69, 9.17) is 11.6 Å². The number of benzene rings is 2. The summed E-state index contributed by atoms with van der Waals surface area (Å²) in [5.74, 6) is -0.599. The Morgan fingerprint density at radius 2 is 1.93 bits per heavy atom. The van der Waals surface area contributed by atoms with Crippen LogP contribution in [-0.2, 0) is 10.0 Å². The Bertz CT molecular complexity index is 1230. The number of fused-ring (bicyclic) bond motifs is 1. The second-order valence-electron chi connectivity index (χ2n) is 6.17. The summed E-state index contributed by atoms with van der Waals surface area (Å²) in [6, 6.07) is 10.5. The zero-order valence-electron chi connectivity index (χ0n) is 14.0. The monoisotopic (exact) mass is 407 g/mol. The summed E-state index contributed by atoms with van der Waals surface area (Å²) in [6.45, 7) is 0.283. The van der Waals surface area contributed by atoms with Gasteiger partial charge in [0.05, 0.1) is 16.1 Å². The van der Waals surface area contributed by atoms with Crippen molar-refractivity contribution in [3.8, 4) is 0 Å². The molecule has 0 saturated heterocycles. The molecular formula is C18H15ClFN3O3S. The Morgan fingerprint density at radius 3 is 2.63 bits per heavy atom. The third kappa shape index (κ3) is 3.09. The lowest BCUT2D eigenvalue weighted by Crippen LogP contribution is -2.36. The van der Waals surface area contributed by atoms with Crippen LogP contribution in [0.1, 0.15) is 6.42 Å². The molecule has 0 radical (unpaired) electrons. The van der Waals surface area contributed by atoms with Gasteiger partial charge in [0.2, 0.25) is 10.0 Å². The van der Waals surface area contributed by atoms with Gasteiger partial charge in [-0.3, -0.25) is 4.57 Å². The molecule has 0 fully saturated rings. The lowest BCUT2D eigenvalue weighted by Gasteiger charge is -2.26. The average molecular weight is 408 g/mol. The number of nitrogens with one attached hydrogen (secondary N) is 1. The standard InChI is InChI=1S/C18H15ClFN3O3S/c19-14-11-12(20)5-6-17(14)27(25,26)22-9-7-13(8-10-22)23-16-4-2-1-3-15(16)21-18(23)24/h1-7,11H,8-10H2,(H,21,24). The van der Waals surface area contributed by atoms with Crippen molar-refractivity contribution in [3.05, 3.63) is 69.9 Å². The lowest BCUT2D eigenvalue weighted by atomic mass is 10.2. The Kier molecular flexibility index (Phi) is 4.41. The highest BCUT2D eigenvalue weighted by molar-refractivity contribution is 7.89. The highest BCUT2D eigenvalue weighted by Gasteiger charge is 2.29. The fourth-order valence-corrected chi connectivity index (χ4v) is 5.11. The van der Waals surface area contributed by atoms with E-state index >= 15 is 0 Å². The summed E-state index contributed by atoms with van der Waals surface area (Å²) in [6.07, 6.45) is 2.07. The van der Waals surface area contributed by atoms with E-state index in [0.29, 0.717) is 6.42 Å². The van der Waals surface area contributed by atoms with Crippen LogP contribution in [0.15, 0.2) is 58.2 Å². The summed E-state index contributed by atoms with van der Waals surface area (Å²) in [5, 5.41) is -0.155. The molecule has 0 bridgehead atoms. The topological polar surface area (TPSA) is 75.2 Å². The van der Waals surface area contributed by atoms with Gasteiger partial charge in [-0.25, -0.2) is 17.6 Å². The average Bonchev–Trinajstić information content (AvgIpc) is 2.97. The van der Waals surface area contributed by atoms with Gasteiger partial charge >= 0.3 is 5.69 Å². The fraction of sp³-hybridized carbons (Fsp3) is 0.167. The van der Waals surface area contributed by atoms with Crippen LogP contribution >= 0.6 is 11.6 Å². The quantitative estimate of drug-likeness (QED) is 0.725. The molecule has 4 rings (SSSR count). The van der Waals surface area contributed by atoms with E-state index in [2.05, 4.69) is 4.98 Å². The van der Waals surface area contributed by atoms with E-state index in [-0.39, 0.29) is 28.7 Å². The zero-order valence-corrected chi connectivity index (χ0v) is 15.6. The van der Waals surface area contributed by atoms with Gasteiger partial charge in [-0.1, -0.05) is 23.7 Å². The molecule has 9 heteroatoms. The number of hydrogen-bond donors (Lipinski definition) is 1. The first-order chi connectivity index (χ1) is 12.9. The Morgan fingerprint density at radius 1 is 1.15 bits per heavy atom. The van der Waals surface area contributed by atoms with Gasteiger partial charge < -0.3 is 4.98 Å². The van der Waals surface area contributed by atoms with Crippen molar-refractivity contribution in [2.45, 2.75) is 11.3 Å². The van der Waals surface area contributed by atoms with Gasteiger partial charge in [-0.05, 0) is 36.4 Å². The molecule has 1 aromatic heterocycles. The first-order valence-corrected chi connectivity index (χ1v) is 10.0. The molecule has 0 spiro atoms. The molecule has 6 nitrogen and oxygen atoms in total. The number of sulfonamides is 1. The Labute approximate surface area is 159 Å². The van der Waals surface area contributed by atoms with E-state index in [1.165, 1.54) is 4.31 Å². The molecule has 2 aromatic carbocycles. The van der Waals surface area contributed by atoms with Crippen molar-refractivity contribution in [1.29, 1.82) is 0 Å². The first-order valence-electron chi connectivity index (χ1n) is 8.22. The molecule has 27 heavy (non-hydrogen) atoms. The smallest absolute Gasteiger partial charge is 0.305 e. The number of rotatable bonds is 3. The van der Waals surface area contributed by atoms with Crippen LogP contribution in [-0.4, -0.2) is 35.4 Å². The fourth-order valence-electron chi connectivity index (χ4n) is 3.22. The van der Waals surface area contributed by atoms with Crippen molar-refractivity contribution < 1.29 is 12.8 Å². The Hall–Kier alpha value is -2.42. The molecule has 1 N–H and O–H groups in total. The molecule has 0 saturated carbocycles. The normalized spacial score (nSPS) is 15.9. The van der Waals surface area contributed by atoms with Crippen LogP contribution in [0.4, 0.5) is 4.39 Å². The van der Waals surface area contributed by atoms with Crippen molar-refractivity contribution in [1.82, 2.24) is 13.9 Å². The maximum absolute atomic E-state index is 13.2. The summed E-state index contributed by atoms with van der Waals surface area (Å²) >= 11 is 5.92.